The van der Waals surface area contributed by atoms with Gasteiger partial charge in [0.1, 0.15) is 0 Å². The maximum absolute atomic E-state index is 12.7. The Kier molecular flexibility index (Phi) is 6.04. The fourth-order valence-electron chi connectivity index (χ4n) is 2.84. The Bertz CT molecular complexity index is 1080. The molecule has 0 N–H and O–H groups in total. The standard InChI is InChI=1S/C21H22N2O4S/c1-4-14-9-10-18(28-14)17(24)12-27-21(26)19-15-7-5-6-8-16(15)20(25)23(22-19)11-13(2)3/h5-10,13H,4,11-12H2,1-3H3. The van der Waals surface area contributed by atoms with E-state index in [2.05, 4.69) is 5.10 Å². The fourth-order valence-corrected chi connectivity index (χ4v) is 3.72. The topological polar surface area (TPSA) is 78.3 Å². The quantitative estimate of drug-likeness (QED) is 0.448. The molecule has 0 fully saturated rings. The highest BCUT2D eigenvalue weighted by Crippen LogP contribution is 2.18. The zero-order valence-corrected chi connectivity index (χ0v) is 16.9. The number of ether oxygens (including phenoxy) is 1. The first kappa shape index (κ1) is 19.9. The second-order valence-corrected chi connectivity index (χ2v) is 8.06. The minimum atomic E-state index is -0.714. The molecule has 0 radical (unpaired) electrons. The summed E-state index contributed by atoms with van der Waals surface area (Å²) in [6.07, 6.45) is 0.852. The smallest absolute Gasteiger partial charge is 0.359 e. The molecule has 0 aliphatic rings. The summed E-state index contributed by atoms with van der Waals surface area (Å²) in [5.41, 5.74) is -0.202. The number of thiophene rings is 1. The van der Waals surface area contributed by atoms with Crippen LogP contribution < -0.4 is 5.56 Å². The number of benzene rings is 1. The normalized spacial score (nSPS) is 11.1. The Morgan fingerprint density at radius 2 is 1.86 bits per heavy atom. The molecule has 0 amide bonds. The zero-order valence-electron chi connectivity index (χ0n) is 16.1. The number of ketones is 1. The third kappa shape index (κ3) is 4.20. The Morgan fingerprint density at radius 3 is 2.50 bits per heavy atom. The van der Waals surface area contributed by atoms with E-state index in [1.807, 2.05) is 26.8 Å². The molecule has 0 spiro atoms. The third-order valence-electron chi connectivity index (χ3n) is 4.22. The fraction of sp³-hybridized carbons (Fsp3) is 0.333. The van der Waals surface area contributed by atoms with Crippen LogP contribution in [0.4, 0.5) is 0 Å². The van der Waals surface area contributed by atoms with Gasteiger partial charge in [-0.2, -0.15) is 5.10 Å². The second kappa shape index (κ2) is 8.48. The maximum Gasteiger partial charge on any atom is 0.359 e. The van der Waals surface area contributed by atoms with Crippen molar-refractivity contribution in [3.05, 3.63) is 62.2 Å². The van der Waals surface area contributed by atoms with Gasteiger partial charge in [0, 0.05) is 16.8 Å². The van der Waals surface area contributed by atoms with Crippen molar-refractivity contribution in [1.29, 1.82) is 0 Å². The van der Waals surface area contributed by atoms with Crippen molar-refractivity contribution in [2.24, 2.45) is 5.92 Å². The lowest BCUT2D eigenvalue weighted by molar-refractivity contribution is 0.0469. The van der Waals surface area contributed by atoms with Gasteiger partial charge in [0.25, 0.3) is 5.56 Å². The van der Waals surface area contributed by atoms with Gasteiger partial charge in [0.2, 0.25) is 5.78 Å². The minimum absolute atomic E-state index is 0.0454. The lowest BCUT2D eigenvalue weighted by Gasteiger charge is -2.12. The summed E-state index contributed by atoms with van der Waals surface area (Å²) >= 11 is 1.40. The van der Waals surface area contributed by atoms with Crippen LogP contribution in [0.3, 0.4) is 0 Å². The molecule has 28 heavy (non-hydrogen) atoms. The molecular formula is C21H22N2O4S. The summed E-state index contributed by atoms with van der Waals surface area (Å²) in [6.45, 7) is 5.97. The highest BCUT2D eigenvalue weighted by molar-refractivity contribution is 7.14. The predicted octanol–water partition coefficient (Wildman–Crippen LogP) is 3.72. The molecular weight excluding hydrogens is 376 g/mol. The molecule has 0 aliphatic carbocycles. The van der Waals surface area contributed by atoms with E-state index >= 15 is 0 Å². The van der Waals surface area contributed by atoms with Crippen molar-refractivity contribution >= 4 is 33.9 Å². The summed E-state index contributed by atoms with van der Waals surface area (Å²) in [5, 5.41) is 5.06. The lowest BCUT2D eigenvalue weighted by Crippen LogP contribution is -2.28. The number of rotatable bonds is 7. The van der Waals surface area contributed by atoms with Gasteiger partial charge in [0.15, 0.2) is 12.3 Å². The van der Waals surface area contributed by atoms with E-state index in [9.17, 15) is 14.4 Å². The number of fused-ring (bicyclic) bond motifs is 1. The van der Waals surface area contributed by atoms with E-state index in [4.69, 9.17) is 4.74 Å². The number of carbonyl (C=O) groups is 2. The van der Waals surface area contributed by atoms with Gasteiger partial charge in [-0.05, 0) is 30.5 Å². The van der Waals surface area contributed by atoms with Crippen LogP contribution in [0.15, 0.2) is 41.2 Å². The van der Waals surface area contributed by atoms with Crippen LogP contribution in [0.25, 0.3) is 10.8 Å². The molecule has 3 rings (SSSR count). The van der Waals surface area contributed by atoms with Gasteiger partial charge in [-0.3, -0.25) is 9.59 Å². The van der Waals surface area contributed by atoms with Crippen molar-refractivity contribution in [2.45, 2.75) is 33.7 Å². The molecule has 2 aromatic heterocycles. The molecule has 3 aromatic rings. The van der Waals surface area contributed by atoms with Gasteiger partial charge in [0.05, 0.1) is 10.3 Å². The Balaban J connectivity index is 1.87. The van der Waals surface area contributed by atoms with Crippen molar-refractivity contribution < 1.29 is 14.3 Å². The molecule has 0 saturated carbocycles. The van der Waals surface area contributed by atoms with Crippen LogP contribution >= 0.6 is 11.3 Å². The van der Waals surface area contributed by atoms with E-state index < -0.39 is 5.97 Å². The minimum Gasteiger partial charge on any atom is -0.452 e. The Morgan fingerprint density at radius 1 is 1.14 bits per heavy atom. The molecule has 0 unspecified atom stereocenters. The third-order valence-corrected chi connectivity index (χ3v) is 5.49. The molecule has 0 aliphatic heterocycles. The van der Waals surface area contributed by atoms with E-state index in [0.29, 0.717) is 22.2 Å². The number of carbonyl (C=O) groups excluding carboxylic acids is 2. The number of hydrogen-bond acceptors (Lipinski definition) is 6. The Labute approximate surface area is 166 Å². The van der Waals surface area contributed by atoms with E-state index in [0.717, 1.165) is 11.3 Å². The number of aromatic nitrogens is 2. The van der Waals surface area contributed by atoms with E-state index in [-0.39, 0.29) is 29.6 Å². The zero-order chi connectivity index (χ0) is 20.3. The highest BCUT2D eigenvalue weighted by Gasteiger charge is 2.20. The SMILES string of the molecule is CCc1ccc(C(=O)COC(=O)c2nn(CC(C)C)c(=O)c3ccccc23)s1. The van der Waals surface area contributed by atoms with Gasteiger partial charge in [-0.1, -0.05) is 39.0 Å². The molecule has 146 valence electrons. The van der Waals surface area contributed by atoms with Gasteiger partial charge >= 0.3 is 5.97 Å². The summed E-state index contributed by atoms with van der Waals surface area (Å²) in [5.74, 6) is -0.782. The number of aryl methyl sites for hydroxylation is 1. The van der Waals surface area contributed by atoms with Crippen molar-refractivity contribution in [2.75, 3.05) is 6.61 Å². The van der Waals surface area contributed by atoms with Crippen LogP contribution in [-0.4, -0.2) is 28.1 Å². The largest absolute Gasteiger partial charge is 0.452 e. The predicted molar refractivity (Wildman–Crippen MR) is 109 cm³/mol. The summed E-state index contributed by atoms with van der Waals surface area (Å²) in [4.78, 5) is 39.2. The van der Waals surface area contributed by atoms with Crippen LogP contribution in [0.2, 0.25) is 0 Å². The van der Waals surface area contributed by atoms with Gasteiger partial charge in [-0.25, -0.2) is 9.48 Å². The van der Waals surface area contributed by atoms with Crippen LogP contribution in [0.1, 0.15) is 45.8 Å². The molecule has 0 saturated heterocycles. The summed E-state index contributed by atoms with van der Waals surface area (Å²) in [6, 6.07) is 10.4. The summed E-state index contributed by atoms with van der Waals surface area (Å²) in [7, 11) is 0. The molecule has 7 heteroatoms. The van der Waals surface area contributed by atoms with Gasteiger partial charge < -0.3 is 4.74 Å². The van der Waals surface area contributed by atoms with E-state index in [1.165, 1.54) is 16.0 Å². The first-order chi connectivity index (χ1) is 13.4. The van der Waals surface area contributed by atoms with E-state index in [1.54, 1.807) is 30.3 Å². The maximum atomic E-state index is 12.7. The molecule has 0 atom stereocenters. The average molecular weight is 398 g/mol. The van der Waals surface area contributed by atoms with Crippen LogP contribution in [0.5, 0.6) is 0 Å². The number of esters is 1. The van der Waals surface area contributed by atoms with Crippen LogP contribution in [0, 0.1) is 5.92 Å². The molecule has 0 bridgehead atoms. The summed E-state index contributed by atoms with van der Waals surface area (Å²) < 4.78 is 6.53. The first-order valence-corrected chi connectivity index (χ1v) is 10.0. The molecule has 2 heterocycles. The highest BCUT2D eigenvalue weighted by atomic mass is 32.1. The monoisotopic (exact) mass is 398 g/mol. The van der Waals surface area contributed by atoms with Crippen molar-refractivity contribution in [1.82, 2.24) is 9.78 Å². The molecule has 6 nitrogen and oxygen atoms in total. The van der Waals surface area contributed by atoms with Crippen molar-refractivity contribution in [3.8, 4) is 0 Å². The van der Waals surface area contributed by atoms with Crippen LogP contribution in [-0.2, 0) is 17.7 Å². The number of nitrogens with zero attached hydrogens (tertiary/aromatic N) is 2. The lowest BCUT2D eigenvalue weighted by atomic mass is 10.1. The average Bonchev–Trinajstić information content (AvgIpc) is 3.17. The first-order valence-electron chi connectivity index (χ1n) is 9.19. The van der Waals surface area contributed by atoms with Gasteiger partial charge in [-0.15, -0.1) is 11.3 Å². The number of Topliss-reactive ketones (excluding diaryl/α,β-unsaturated/α-hetero) is 1. The number of hydrogen-bond donors (Lipinski definition) is 0. The second-order valence-electron chi connectivity index (χ2n) is 6.89. The molecule has 1 aromatic carbocycles. The Hall–Kier alpha value is -2.80. The van der Waals surface area contributed by atoms with Crippen molar-refractivity contribution in [3.63, 3.8) is 0 Å².